The Labute approximate surface area is 200 Å². The highest BCUT2D eigenvalue weighted by Gasteiger charge is 2.08. The minimum Gasteiger partial charge on any atom is -0.508 e. The van der Waals surface area contributed by atoms with Gasteiger partial charge >= 0.3 is 0 Å². The maximum absolute atomic E-state index is 9.94. The van der Waals surface area contributed by atoms with Crippen molar-refractivity contribution in [3.05, 3.63) is 95.1 Å². The molecular formula is C31H37NO. The van der Waals surface area contributed by atoms with Crippen molar-refractivity contribution in [2.75, 3.05) is 11.4 Å². The van der Waals surface area contributed by atoms with Gasteiger partial charge in [0.25, 0.3) is 0 Å². The first-order valence-electron chi connectivity index (χ1n) is 12.4. The van der Waals surface area contributed by atoms with E-state index in [1.54, 1.807) is 6.07 Å². The summed E-state index contributed by atoms with van der Waals surface area (Å²) in [6, 6.07) is 24.8. The molecule has 0 aliphatic rings. The largest absolute Gasteiger partial charge is 0.508 e. The van der Waals surface area contributed by atoms with Crippen molar-refractivity contribution in [3.8, 4) is 17.6 Å². The van der Waals surface area contributed by atoms with Crippen LogP contribution in [0.25, 0.3) is 0 Å². The van der Waals surface area contributed by atoms with Crippen LogP contribution in [-0.2, 0) is 13.0 Å². The van der Waals surface area contributed by atoms with Crippen molar-refractivity contribution >= 4 is 5.69 Å². The van der Waals surface area contributed by atoms with Gasteiger partial charge in [0, 0.05) is 36.0 Å². The van der Waals surface area contributed by atoms with E-state index in [2.05, 4.69) is 85.2 Å². The quantitative estimate of drug-likeness (QED) is 0.244. The second kappa shape index (κ2) is 13.4. The van der Waals surface area contributed by atoms with Gasteiger partial charge in [-0.2, -0.15) is 0 Å². The molecule has 0 fully saturated rings. The normalized spacial score (nSPS) is 10.5. The van der Waals surface area contributed by atoms with Gasteiger partial charge in [-0.25, -0.2) is 0 Å². The lowest BCUT2D eigenvalue weighted by Gasteiger charge is -2.25. The highest BCUT2D eigenvalue weighted by Crippen LogP contribution is 2.23. The van der Waals surface area contributed by atoms with Crippen LogP contribution in [0.1, 0.15) is 74.6 Å². The number of phenols is 1. The molecule has 0 unspecified atom stereocenters. The molecule has 0 atom stereocenters. The van der Waals surface area contributed by atoms with Gasteiger partial charge < -0.3 is 10.0 Å². The van der Waals surface area contributed by atoms with Gasteiger partial charge in [0.15, 0.2) is 0 Å². The summed E-state index contributed by atoms with van der Waals surface area (Å²) in [5.41, 5.74) is 5.79. The SMILES string of the molecule is CCCCCCN(Cc1ccc(C#Cc2ccc(CCCC)cc2)cc1)c1cccc(O)c1. The van der Waals surface area contributed by atoms with Crippen LogP contribution >= 0.6 is 0 Å². The molecule has 0 spiro atoms. The van der Waals surface area contributed by atoms with E-state index in [1.807, 2.05) is 12.1 Å². The lowest BCUT2D eigenvalue weighted by molar-refractivity contribution is 0.475. The van der Waals surface area contributed by atoms with E-state index < -0.39 is 0 Å². The number of hydrogen-bond donors (Lipinski definition) is 1. The van der Waals surface area contributed by atoms with Crippen LogP contribution in [0.15, 0.2) is 72.8 Å². The first kappa shape index (κ1) is 24.5. The van der Waals surface area contributed by atoms with Crippen LogP contribution in [0, 0.1) is 11.8 Å². The Morgan fingerprint density at radius 3 is 1.94 bits per heavy atom. The van der Waals surface area contributed by atoms with Gasteiger partial charge in [0.05, 0.1) is 0 Å². The zero-order chi connectivity index (χ0) is 23.3. The standard InChI is InChI=1S/C31H37NO/c1-3-5-7-8-23-32(30-11-9-12-31(33)24-30)25-29-21-19-28(20-22-29)18-17-27-15-13-26(14-16-27)10-6-4-2/h9,11-16,19-22,24,33H,3-8,10,23,25H2,1-2H3. The van der Waals surface area contributed by atoms with Gasteiger partial charge in [0.2, 0.25) is 0 Å². The second-order valence-electron chi connectivity index (χ2n) is 8.75. The molecule has 0 saturated heterocycles. The number of hydrogen-bond acceptors (Lipinski definition) is 2. The highest BCUT2D eigenvalue weighted by atomic mass is 16.3. The Kier molecular flexibility index (Phi) is 9.92. The average molecular weight is 440 g/mol. The topological polar surface area (TPSA) is 23.5 Å². The van der Waals surface area contributed by atoms with Crippen molar-refractivity contribution in [1.29, 1.82) is 0 Å². The number of phenolic OH excluding ortho intramolecular Hbond substituents is 1. The minimum absolute atomic E-state index is 0.315. The number of nitrogens with zero attached hydrogens (tertiary/aromatic N) is 1. The van der Waals surface area contributed by atoms with Crippen LogP contribution in [0.2, 0.25) is 0 Å². The first-order valence-corrected chi connectivity index (χ1v) is 12.4. The molecule has 0 aliphatic carbocycles. The third-order valence-electron chi connectivity index (χ3n) is 5.93. The third-order valence-corrected chi connectivity index (χ3v) is 5.93. The molecule has 0 aliphatic heterocycles. The highest BCUT2D eigenvalue weighted by molar-refractivity contribution is 5.51. The van der Waals surface area contributed by atoms with Gasteiger partial charge in [-0.05, 0) is 66.8 Å². The fourth-order valence-electron chi connectivity index (χ4n) is 3.91. The Morgan fingerprint density at radius 1 is 0.697 bits per heavy atom. The van der Waals surface area contributed by atoms with Crippen molar-refractivity contribution in [2.24, 2.45) is 0 Å². The molecule has 172 valence electrons. The fraction of sp³-hybridized carbons (Fsp3) is 0.355. The molecule has 0 heterocycles. The second-order valence-corrected chi connectivity index (χ2v) is 8.75. The number of anilines is 1. The zero-order valence-corrected chi connectivity index (χ0v) is 20.2. The van der Waals surface area contributed by atoms with Gasteiger partial charge in [0.1, 0.15) is 5.75 Å². The van der Waals surface area contributed by atoms with Crippen LogP contribution < -0.4 is 4.90 Å². The molecule has 2 heteroatoms. The summed E-state index contributed by atoms with van der Waals surface area (Å²) in [7, 11) is 0. The monoisotopic (exact) mass is 439 g/mol. The number of aryl methyl sites for hydroxylation is 1. The van der Waals surface area contributed by atoms with E-state index in [1.165, 1.54) is 43.2 Å². The molecule has 0 radical (unpaired) electrons. The molecule has 33 heavy (non-hydrogen) atoms. The number of benzene rings is 3. The lowest BCUT2D eigenvalue weighted by Crippen LogP contribution is -2.23. The van der Waals surface area contributed by atoms with E-state index in [-0.39, 0.29) is 0 Å². The van der Waals surface area contributed by atoms with E-state index in [0.29, 0.717) is 5.75 Å². The molecule has 3 aromatic rings. The summed E-state index contributed by atoms with van der Waals surface area (Å²) in [6.07, 6.45) is 8.50. The number of unbranched alkanes of at least 4 members (excludes halogenated alkanes) is 4. The smallest absolute Gasteiger partial charge is 0.117 e. The molecular weight excluding hydrogens is 402 g/mol. The molecule has 0 aromatic heterocycles. The van der Waals surface area contributed by atoms with Crippen molar-refractivity contribution < 1.29 is 5.11 Å². The lowest BCUT2D eigenvalue weighted by atomic mass is 10.1. The maximum atomic E-state index is 9.94. The first-order chi connectivity index (χ1) is 16.2. The van der Waals surface area contributed by atoms with Gasteiger partial charge in [-0.15, -0.1) is 0 Å². The van der Waals surface area contributed by atoms with Crippen molar-refractivity contribution in [2.45, 2.75) is 65.3 Å². The molecule has 0 saturated carbocycles. The fourth-order valence-corrected chi connectivity index (χ4v) is 3.91. The van der Waals surface area contributed by atoms with Crippen molar-refractivity contribution in [1.82, 2.24) is 0 Å². The summed E-state index contributed by atoms with van der Waals surface area (Å²) in [5, 5.41) is 9.94. The summed E-state index contributed by atoms with van der Waals surface area (Å²) >= 11 is 0. The molecule has 0 amide bonds. The average Bonchev–Trinajstić information content (AvgIpc) is 2.85. The minimum atomic E-state index is 0.315. The number of rotatable bonds is 11. The van der Waals surface area contributed by atoms with E-state index in [0.717, 1.165) is 42.7 Å². The van der Waals surface area contributed by atoms with Crippen molar-refractivity contribution in [3.63, 3.8) is 0 Å². The molecule has 1 N–H and O–H groups in total. The van der Waals surface area contributed by atoms with E-state index in [4.69, 9.17) is 0 Å². The molecule has 2 nitrogen and oxygen atoms in total. The third kappa shape index (κ3) is 8.35. The summed E-state index contributed by atoms with van der Waals surface area (Å²) in [4.78, 5) is 2.36. The molecule has 0 bridgehead atoms. The van der Waals surface area contributed by atoms with Gasteiger partial charge in [-0.3, -0.25) is 0 Å². The Hall–Kier alpha value is -3.18. The number of aromatic hydroxyl groups is 1. The van der Waals surface area contributed by atoms with E-state index in [9.17, 15) is 5.11 Å². The summed E-state index contributed by atoms with van der Waals surface area (Å²) < 4.78 is 0. The summed E-state index contributed by atoms with van der Waals surface area (Å²) in [6.45, 7) is 6.27. The Morgan fingerprint density at radius 2 is 1.33 bits per heavy atom. The van der Waals surface area contributed by atoms with Crippen LogP contribution in [0.5, 0.6) is 5.75 Å². The van der Waals surface area contributed by atoms with Crippen LogP contribution in [0.3, 0.4) is 0 Å². The predicted molar refractivity (Wildman–Crippen MR) is 141 cm³/mol. The van der Waals surface area contributed by atoms with E-state index >= 15 is 0 Å². The molecule has 3 rings (SSSR count). The summed E-state index contributed by atoms with van der Waals surface area (Å²) in [5.74, 6) is 6.90. The van der Waals surface area contributed by atoms with Gasteiger partial charge in [-0.1, -0.05) is 81.7 Å². The predicted octanol–water partition coefficient (Wildman–Crippen LogP) is 7.72. The maximum Gasteiger partial charge on any atom is 0.117 e. The molecule has 3 aromatic carbocycles. The Bertz CT molecular complexity index is 1030. The zero-order valence-electron chi connectivity index (χ0n) is 20.2. The van der Waals surface area contributed by atoms with Crippen LogP contribution in [-0.4, -0.2) is 11.7 Å². The Balaban J connectivity index is 1.64. The van der Waals surface area contributed by atoms with Crippen LogP contribution in [0.4, 0.5) is 5.69 Å².